The van der Waals surface area contributed by atoms with E-state index in [9.17, 15) is 14.3 Å². The van der Waals surface area contributed by atoms with E-state index in [-0.39, 0.29) is 5.56 Å². The Balaban J connectivity index is 3.29. The van der Waals surface area contributed by atoms with Crippen molar-refractivity contribution < 1.29 is 19.4 Å². The van der Waals surface area contributed by atoms with Crippen molar-refractivity contribution in [2.24, 2.45) is 0 Å². The Hall–Kier alpha value is -2.17. The maximum atomic E-state index is 12.5. The lowest BCUT2D eigenvalue weighted by Gasteiger charge is -2.03. The highest BCUT2D eigenvalue weighted by molar-refractivity contribution is 6.19. The highest BCUT2D eigenvalue weighted by Crippen LogP contribution is 2.17. The maximum Gasteiger partial charge on any atom is 0.344 e. The number of halogens is 1. The van der Waals surface area contributed by atoms with Gasteiger partial charge in [-0.1, -0.05) is 30.3 Å². The zero-order valence-electron chi connectivity index (χ0n) is 7.57. The number of hydrogen-bond donors (Lipinski definition) is 3. The first-order valence-electron chi connectivity index (χ1n) is 4.00. The van der Waals surface area contributed by atoms with E-state index in [1.54, 1.807) is 18.2 Å². The second-order valence-electron chi connectivity index (χ2n) is 2.71. The van der Waals surface area contributed by atoms with E-state index in [1.807, 2.05) is 0 Å². The molecule has 15 heavy (non-hydrogen) atoms. The SMILES string of the molecule is N=C(F)C(C(=O)O)=C(O)c1ccccc1. The van der Waals surface area contributed by atoms with Crippen molar-refractivity contribution >= 4 is 17.7 Å². The first-order valence-corrected chi connectivity index (χ1v) is 4.00. The molecule has 0 heterocycles. The van der Waals surface area contributed by atoms with Crippen LogP contribution in [0, 0.1) is 5.41 Å². The fourth-order valence-electron chi connectivity index (χ4n) is 1.04. The summed E-state index contributed by atoms with van der Waals surface area (Å²) >= 11 is 0. The molecular weight excluding hydrogens is 201 g/mol. The van der Waals surface area contributed by atoms with Crippen LogP contribution in [0.1, 0.15) is 5.56 Å². The van der Waals surface area contributed by atoms with Crippen LogP contribution in [0.2, 0.25) is 0 Å². The van der Waals surface area contributed by atoms with Crippen LogP contribution < -0.4 is 0 Å². The Morgan fingerprint density at radius 2 is 1.73 bits per heavy atom. The monoisotopic (exact) mass is 209 g/mol. The van der Waals surface area contributed by atoms with E-state index in [2.05, 4.69) is 0 Å². The quantitative estimate of drug-likeness (QED) is 0.404. The molecule has 0 radical (unpaired) electrons. The number of rotatable bonds is 3. The molecule has 78 valence electrons. The van der Waals surface area contributed by atoms with Crippen LogP contribution in [0.3, 0.4) is 0 Å². The Morgan fingerprint density at radius 1 is 1.20 bits per heavy atom. The van der Waals surface area contributed by atoms with Gasteiger partial charge in [0.25, 0.3) is 0 Å². The van der Waals surface area contributed by atoms with Gasteiger partial charge in [0.2, 0.25) is 5.97 Å². The highest BCUT2D eigenvalue weighted by Gasteiger charge is 2.20. The lowest BCUT2D eigenvalue weighted by atomic mass is 10.1. The number of aliphatic hydroxyl groups is 1. The third-order valence-electron chi connectivity index (χ3n) is 1.72. The lowest BCUT2D eigenvalue weighted by molar-refractivity contribution is -0.132. The molecule has 0 bridgehead atoms. The van der Waals surface area contributed by atoms with Gasteiger partial charge in [-0.2, -0.15) is 4.39 Å². The Morgan fingerprint density at radius 3 is 2.13 bits per heavy atom. The van der Waals surface area contributed by atoms with Crippen molar-refractivity contribution in [1.82, 2.24) is 0 Å². The van der Waals surface area contributed by atoms with E-state index in [0.29, 0.717) is 0 Å². The number of carboxylic acid groups (broad SMARTS) is 1. The summed E-state index contributed by atoms with van der Waals surface area (Å²) in [6, 6.07) is 7.63. The molecule has 0 aliphatic heterocycles. The first kappa shape index (κ1) is 10.9. The van der Waals surface area contributed by atoms with Crippen LogP contribution >= 0.6 is 0 Å². The molecule has 0 saturated carbocycles. The topological polar surface area (TPSA) is 81.4 Å². The van der Waals surface area contributed by atoms with E-state index in [4.69, 9.17) is 10.5 Å². The van der Waals surface area contributed by atoms with Crippen molar-refractivity contribution in [2.75, 3.05) is 0 Å². The molecule has 4 nitrogen and oxygen atoms in total. The number of carboxylic acids is 1. The summed E-state index contributed by atoms with van der Waals surface area (Å²) in [6.45, 7) is 0. The normalized spacial score (nSPS) is 11.8. The largest absolute Gasteiger partial charge is 0.506 e. The molecule has 0 aliphatic rings. The minimum Gasteiger partial charge on any atom is -0.506 e. The van der Waals surface area contributed by atoms with Crippen molar-refractivity contribution in [2.45, 2.75) is 0 Å². The van der Waals surface area contributed by atoms with Gasteiger partial charge in [-0.15, -0.1) is 0 Å². The Kier molecular flexibility index (Phi) is 3.17. The predicted octanol–water partition coefficient (Wildman–Crippen LogP) is 1.99. The molecule has 0 saturated heterocycles. The van der Waals surface area contributed by atoms with E-state index < -0.39 is 23.3 Å². The van der Waals surface area contributed by atoms with Crippen LogP contribution in [-0.4, -0.2) is 22.1 Å². The van der Waals surface area contributed by atoms with Crippen LogP contribution in [0.5, 0.6) is 0 Å². The molecule has 5 heteroatoms. The molecule has 0 aliphatic carbocycles. The first-order chi connectivity index (χ1) is 7.04. The third-order valence-corrected chi connectivity index (χ3v) is 1.72. The number of aliphatic carboxylic acids is 1. The molecule has 0 unspecified atom stereocenters. The maximum absolute atomic E-state index is 12.5. The van der Waals surface area contributed by atoms with Gasteiger partial charge in [-0.05, 0) is 0 Å². The van der Waals surface area contributed by atoms with E-state index >= 15 is 0 Å². The Labute approximate surface area is 84.8 Å². The molecule has 0 fully saturated rings. The third kappa shape index (κ3) is 2.40. The Bertz CT molecular complexity index is 410. The van der Waals surface area contributed by atoms with Crippen molar-refractivity contribution in [1.29, 1.82) is 5.41 Å². The van der Waals surface area contributed by atoms with Crippen LogP contribution in [-0.2, 0) is 4.79 Å². The molecule has 0 amide bonds. The number of benzene rings is 1. The molecule has 1 rings (SSSR count). The summed E-state index contributed by atoms with van der Waals surface area (Å²) in [6.07, 6.45) is 0. The molecule has 1 aromatic carbocycles. The van der Waals surface area contributed by atoms with Gasteiger partial charge >= 0.3 is 5.97 Å². The minimum absolute atomic E-state index is 0.150. The van der Waals surface area contributed by atoms with Crippen LogP contribution in [0.25, 0.3) is 5.76 Å². The molecule has 0 atom stereocenters. The summed E-state index contributed by atoms with van der Waals surface area (Å²) in [5, 5.41) is 24.6. The van der Waals surface area contributed by atoms with Gasteiger partial charge in [0.05, 0.1) is 0 Å². The highest BCUT2D eigenvalue weighted by atomic mass is 19.1. The number of nitrogens with one attached hydrogen (secondary N) is 1. The lowest BCUT2D eigenvalue weighted by Crippen LogP contribution is -2.10. The van der Waals surface area contributed by atoms with Crippen molar-refractivity contribution in [3.8, 4) is 0 Å². The molecule has 1 aromatic rings. The smallest absolute Gasteiger partial charge is 0.344 e. The minimum atomic E-state index is -1.68. The summed E-state index contributed by atoms with van der Waals surface area (Å²) in [5.41, 5.74) is -0.890. The summed E-state index contributed by atoms with van der Waals surface area (Å²) in [7, 11) is 0. The second kappa shape index (κ2) is 4.36. The van der Waals surface area contributed by atoms with Crippen LogP contribution in [0.4, 0.5) is 4.39 Å². The van der Waals surface area contributed by atoms with Gasteiger partial charge in [0.1, 0.15) is 5.76 Å². The number of aliphatic hydroxyl groups excluding tert-OH is 1. The van der Waals surface area contributed by atoms with Gasteiger partial charge < -0.3 is 10.2 Å². The van der Waals surface area contributed by atoms with E-state index in [1.165, 1.54) is 12.1 Å². The average Bonchev–Trinajstić information content (AvgIpc) is 2.18. The number of carbonyl (C=O) groups is 1. The molecular formula is C10H8FNO3. The zero-order valence-corrected chi connectivity index (χ0v) is 7.57. The summed E-state index contributed by atoms with van der Waals surface area (Å²) in [5.74, 6) is -4.11. The molecule has 3 N–H and O–H groups in total. The van der Waals surface area contributed by atoms with Gasteiger partial charge in [0.15, 0.2) is 5.57 Å². The van der Waals surface area contributed by atoms with Crippen molar-refractivity contribution in [3.05, 3.63) is 41.5 Å². The summed E-state index contributed by atoms with van der Waals surface area (Å²) < 4.78 is 12.5. The standard InChI is InChI=1S/C10H8FNO3/c11-9(12)7(10(14)15)8(13)6-4-2-1-3-5-6/h1-5,12-13H,(H,14,15). The second-order valence-corrected chi connectivity index (χ2v) is 2.71. The fraction of sp³-hybridized carbons (Fsp3) is 0. The van der Waals surface area contributed by atoms with E-state index in [0.717, 1.165) is 0 Å². The van der Waals surface area contributed by atoms with Gasteiger partial charge in [0, 0.05) is 5.56 Å². The van der Waals surface area contributed by atoms with Gasteiger partial charge in [-0.3, -0.25) is 5.41 Å². The molecule has 0 aromatic heterocycles. The van der Waals surface area contributed by atoms with Crippen LogP contribution in [0.15, 0.2) is 35.9 Å². The molecule has 0 spiro atoms. The zero-order chi connectivity index (χ0) is 11.4. The average molecular weight is 209 g/mol. The summed E-state index contributed by atoms with van der Waals surface area (Å²) in [4.78, 5) is 10.6. The van der Waals surface area contributed by atoms with Gasteiger partial charge in [-0.25, -0.2) is 4.79 Å². The number of hydrogen-bond acceptors (Lipinski definition) is 3. The predicted molar refractivity (Wildman–Crippen MR) is 52.5 cm³/mol. The fourth-order valence-corrected chi connectivity index (χ4v) is 1.04. The van der Waals surface area contributed by atoms with Crippen molar-refractivity contribution in [3.63, 3.8) is 0 Å².